The molecule has 2 aliphatic rings. The molecule has 2 saturated heterocycles. The lowest BCUT2D eigenvalue weighted by atomic mass is 9.96. The number of halogens is 3. The van der Waals surface area contributed by atoms with E-state index >= 15 is 0 Å². The van der Waals surface area contributed by atoms with Gasteiger partial charge in [0.2, 0.25) is 9.70 Å². The minimum Gasteiger partial charge on any atom is -0.356 e. The molecule has 0 bridgehead atoms. The van der Waals surface area contributed by atoms with E-state index in [0.29, 0.717) is 12.2 Å². The van der Waals surface area contributed by atoms with Crippen molar-refractivity contribution in [1.29, 1.82) is 0 Å². The van der Waals surface area contributed by atoms with Gasteiger partial charge in [-0.05, 0) is 37.8 Å². The van der Waals surface area contributed by atoms with Crippen LogP contribution in [0.15, 0.2) is 12.1 Å². The fraction of sp³-hybridized carbons (Fsp3) is 0.588. The second kappa shape index (κ2) is 7.06. The summed E-state index contributed by atoms with van der Waals surface area (Å²) in [6, 6.07) is 3.81. The van der Waals surface area contributed by atoms with Crippen LogP contribution in [0.5, 0.6) is 0 Å². The molecule has 9 heteroatoms. The number of pyridine rings is 1. The van der Waals surface area contributed by atoms with Crippen molar-refractivity contribution < 1.29 is 4.79 Å². The first-order chi connectivity index (χ1) is 12.4. The van der Waals surface area contributed by atoms with Crippen molar-refractivity contribution >= 4 is 57.7 Å². The van der Waals surface area contributed by atoms with Crippen LogP contribution in [0.2, 0.25) is 0 Å². The number of likely N-dealkylation sites (tertiary alicyclic amines) is 1. The molecule has 140 valence electrons. The Kier molecular flexibility index (Phi) is 4.92. The molecule has 26 heavy (non-hydrogen) atoms. The SMILES string of the molecule is O=C(C1CCCN(c2ccc3[nH]c(C(Cl)(Cl)Cl)nc3n2)C1)N1CCCC1. The third kappa shape index (κ3) is 3.59. The highest BCUT2D eigenvalue weighted by atomic mass is 35.6. The number of nitrogens with zero attached hydrogens (tertiary/aromatic N) is 4. The van der Waals surface area contributed by atoms with Crippen LogP contribution in [0.1, 0.15) is 31.5 Å². The summed E-state index contributed by atoms with van der Waals surface area (Å²) in [4.78, 5) is 28.8. The second-order valence-electron chi connectivity index (χ2n) is 6.94. The van der Waals surface area contributed by atoms with Crippen molar-refractivity contribution in [3.8, 4) is 0 Å². The standard InChI is InChI=1S/C17H20Cl3N5O/c18-17(19,20)16-21-12-5-6-13(22-14(12)23-16)25-9-3-4-11(10-25)15(26)24-7-1-2-8-24/h5-6,11H,1-4,7-10H2,(H,21,22,23). The molecule has 1 N–H and O–H groups in total. The maximum atomic E-state index is 12.7. The van der Waals surface area contributed by atoms with Gasteiger partial charge in [-0.15, -0.1) is 0 Å². The zero-order valence-corrected chi connectivity index (χ0v) is 16.5. The number of rotatable bonds is 2. The molecule has 0 radical (unpaired) electrons. The third-order valence-electron chi connectivity index (χ3n) is 5.11. The van der Waals surface area contributed by atoms with E-state index in [-0.39, 0.29) is 17.6 Å². The van der Waals surface area contributed by atoms with Crippen LogP contribution in [0.4, 0.5) is 5.82 Å². The Balaban J connectivity index is 1.53. The predicted octanol–water partition coefficient (Wildman–Crippen LogP) is 3.62. The number of hydrogen-bond donors (Lipinski definition) is 1. The molecule has 4 rings (SSSR count). The maximum Gasteiger partial charge on any atom is 0.248 e. The molecule has 1 atom stereocenters. The minimum absolute atomic E-state index is 0.0373. The average Bonchev–Trinajstić information content (AvgIpc) is 3.29. The quantitative estimate of drug-likeness (QED) is 0.759. The van der Waals surface area contributed by atoms with Crippen LogP contribution in [0.25, 0.3) is 11.2 Å². The smallest absolute Gasteiger partial charge is 0.248 e. The number of alkyl halides is 3. The van der Waals surface area contributed by atoms with E-state index < -0.39 is 3.79 Å². The fourth-order valence-corrected chi connectivity index (χ4v) is 4.04. The number of H-pyrrole nitrogens is 1. The summed E-state index contributed by atoms with van der Waals surface area (Å²) in [5.41, 5.74) is 1.23. The van der Waals surface area contributed by atoms with E-state index in [1.54, 1.807) is 0 Å². The molecule has 0 aromatic carbocycles. The van der Waals surface area contributed by atoms with Crippen LogP contribution in [-0.4, -0.2) is 51.9 Å². The van der Waals surface area contributed by atoms with Gasteiger partial charge in [-0.1, -0.05) is 34.8 Å². The zero-order chi connectivity index (χ0) is 18.3. The second-order valence-corrected chi connectivity index (χ2v) is 9.22. The molecule has 2 aromatic rings. The number of anilines is 1. The number of fused-ring (bicyclic) bond motifs is 1. The lowest BCUT2D eigenvalue weighted by molar-refractivity contribution is -0.134. The molecule has 1 unspecified atom stereocenters. The highest BCUT2D eigenvalue weighted by Gasteiger charge is 2.31. The Hall–Kier alpha value is -1.24. The summed E-state index contributed by atoms with van der Waals surface area (Å²) in [5.74, 6) is 1.38. The summed E-state index contributed by atoms with van der Waals surface area (Å²) in [6.45, 7) is 3.36. The summed E-state index contributed by atoms with van der Waals surface area (Å²) >= 11 is 17.7. The number of aromatic nitrogens is 3. The summed E-state index contributed by atoms with van der Waals surface area (Å²) < 4.78 is -1.61. The van der Waals surface area contributed by atoms with E-state index in [1.165, 1.54) is 0 Å². The van der Waals surface area contributed by atoms with E-state index in [0.717, 1.165) is 56.7 Å². The first-order valence-electron chi connectivity index (χ1n) is 8.89. The van der Waals surface area contributed by atoms with Gasteiger partial charge in [0.05, 0.1) is 11.4 Å². The van der Waals surface area contributed by atoms with Gasteiger partial charge < -0.3 is 14.8 Å². The molecule has 2 aliphatic heterocycles. The summed E-state index contributed by atoms with van der Waals surface area (Å²) in [7, 11) is 0. The summed E-state index contributed by atoms with van der Waals surface area (Å²) in [6.07, 6.45) is 4.15. The van der Waals surface area contributed by atoms with Crippen molar-refractivity contribution in [3.63, 3.8) is 0 Å². The molecular weight excluding hydrogens is 397 g/mol. The van der Waals surface area contributed by atoms with Crippen molar-refractivity contribution in [3.05, 3.63) is 18.0 Å². The molecule has 0 saturated carbocycles. The van der Waals surface area contributed by atoms with Gasteiger partial charge in [-0.2, -0.15) is 0 Å². The number of carbonyl (C=O) groups excluding carboxylic acids is 1. The van der Waals surface area contributed by atoms with Gasteiger partial charge >= 0.3 is 0 Å². The van der Waals surface area contributed by atoms with Crippen LogP contribution in [0, 0.1) is 5.92 Å². The van der Waals surface area contributed by atoms with Gasteiger partial charge in [-0.3, -0.25) is 4.79 Å². The average molecular weight is 417 g/mol. The first-order valence-corrected chi connectivity index (χ1v) is 10.0. The zero-order valence-electron chi connectivity index (χ0n) is 14.2. The number of carbonyl (C=O) groups is 1. The summed E-state index contributed by atoms with van der Waals surface area (Å²) in [5, 5.41) is 0. The van der Waals surface area contributed by atoms with Crippen molar-refractivity contribution in [1.82, 2.24) is 19.9 Å². The third-order valence-corrected chi connectivity index (χ3v) is 5.65. The van der Waals surface area contributed by atoms with Gasteiger partial charge in [0.15, 0.2) is 11.5 Å². The Labute approximate surface area is 166 Å². The monoisotopic (exact) mass is 415 g/mol. The Bertz CT molecular complexity index is 812. The van der Waals surface area contributed by atoms with Gasteiger partial charge in [0.1, 0.15) is 5.82 Å². The Morgan fingerprint density at radius 1 is 1.12 bits per heavy atom. The van der Waals surface area contributed by atoms with Crippen LogP contribution >= 0.6 is 34.8 Å². The van der Waals surface area contributed by atoms with Crippen molar-refractivity contribution in [2.75, 3.05) is 31.1 Å². The number of aromatic amines is 1. The topological polar surface area (TPSA) is 65.1 Å². The molecule has 1 amide bonds. The number of piperidine rings is 1. The van der Waals surface area contributed by atoms with Crippen LogP contribution in [-0.2, 0) is 8.59 Å². The minimum atomic E-state index is -1.61. The normalized spacial score (nSPS) is 21.6. The van der Waals surface area contributed by atoms with Crippen molar-refractivity contribution in [2.45, 2.75) is 29.5 Å². The van der Waals surface area contributed by atoms with E-state index in [4.69, 9.17) is 34.8 Å². The molecule has 0 spiro atoms. The first kappa shape index (κ1) is 18.1. The number of hydrogen-bond acceptors (Lipinski definition) is 4. The van der Waals surface area contributed by atoms with E-state index in [2.05, 4.69) is 19.9 Å². The van der Waals surface area contributed by atoms with Gasteiger partial charge in [0.25, 0.3) is 0 Å². The van der Waals surface area contributed by atoms with Crippen LogP contribution in [0.3, 0.4) is 0 Å². The van der Waals surface area contributed by atoms with Gasteiger partial charge in [0, 0.05) is 26.2 Å². The largest absolute Gasteiger partial charge is 0.356 e. The molecule has 2 fully saturated rings. The Morgan fingerprint density at radius 3 is 2.62 bits per heavy atom. The fourth-order valence-electron chi connectivity index (χ4n) is 3.78. The molecule has 0 aliphatic carbocycles. The lowest BCUT2D eigenvalue weighted by Gasteiger charge is -2.34. The predicted molar refractivity (Wildman–Crippen MR) is 104 cm³/mol. The maximum absolute atomic E-state index is 12.7. The van der Waals surface area contributed by atoms with Gasteiger partial charge in [-0.25, -0.2) is 9.97 Å². The van der Waals surface area contributed by atoms with Crippen LogP contribution < -0.4 is 4.90 Å². The Morgan fingerprint density at radius 2 is 1.88 bits per heavy atom. The number of imidazole rings is 1. The van der Waals surface area contributed by atoms with E-state index in [1.807, 2.05) is 17.0 Å². The van der Waals surface area contributed by atoms with E-state index in [9.17, 15) is 4.79 Å². The number of nitrogens with one attached hydrogen (secondary N) is 1. The van der Waals surface area contributed by atoms with Crippen molar-refractivity contribution in [2.24, 2.45) is 5.92 Å². The molecule has 4 heterocycles. The molecular formula is C17H20Cl3N5O. The highest BCUT2D eigenvalue weighted by molar-refractivity contribution is 6.66. The lowest BCUT2D eigenvalue weighted by Crippen LogP contribution is -2.44. The molecule has 2 aromatic heterocycles. The number of amides is 1. The molecule has 6 nitrogen and oxygen atoms in total. The highest BCUT2D eigenvalue weighted by Crippen LogP contribution is 2.37.